The number of nitro groups is 1. The molecule has 9 rings (SSSR count). The molecule has 65 heavy (non-hydrogen) atoms. The Bertz CT molecular complexity index is 3020. The van der Waals surface area contributed by atoms with Crippen LogP contribution in [-0.2, 0) is 26.5 Å². The lowest BCUT2D eigenvalue weighted by Crippen LogP contribution is -2.47. The normalized spacial score (nSPS) is 18.3. The molecule has 0 saturated carbocycles. The van der Waals surface area contributed by atoms with Crippen LogP contribution in [0.3, 0.4) is 0 Å². The van der Waals surface area contributed by atoms with Crippen molar-refractivity contribution in [3.8, 4) is 5.69 Å². The van der Waals surface area contributed by atoms with Crippen molar-refractivity contribution in [1.82, 2.24) is 33.9 Å². The number of nitrogens with one attached hydrogen (secondary N) is 3. The number of carbonyl (C=O) groups excluding carboxylic acids is 1. The minimum Gasteiger partial charge on any atom is -0.377 e. The number of piperazine rings is 1. The summed E-state index contributed by atoms with van der Waals surface area (Å²) in [6.45, 7) is 9.70. The predicted octanol–water partition coefficient (Wildman–Crippen LogP) is 5.89. The van der Waals surface area contributed by atoms with E-state index in [4.69, 9.17) is 21.1 Å². The number of ether oxygens (including phenoxy) is 2. The first-order valence-corrected chi connectivity index (χ1v) is 23.3. The summed E-state index contributed by atoms with van der Waals surface area (Å²) in [5, 5.41) is 15.8. The topological polar surface area (TPSA) is 212 Å². The first kappa shape index (κ1) is 44.1. The van der Waals surface area contributed by atoms with Crippen LogP contribution < -0.4 is 20.5 Å². The van der Waals surface area contributed by atoms with Gasteiger partial charge in [0.15, 0.2) is 11.2 Å². The number of imidazole rings is 1. The van der Waals surface area contributed by atoms with E-state index < -0.39 is 37.0 Å². The van der Waals surface area contributed by atoms with Gasteiger partial charge in [0.2, 0.25) is 0 Å². The van der Waals surface area contributed by atoms with Gasteiger partial charge in [-0.25, -0.2) is 32.5 Å². The second-order valence-corrected chi connectivity index (χ2v) is 19.6. The minimum atomic E-state index is -4.67. The van der Waals surface area contributed by atoms with E-state index in [9.17, 15) is 28.1 Å². The van der Waals surface area contributed by atoms with Gasteiger partial charge >= 0.3 is 0 Å². The molecule has 2 fully saturated rings. The number of sulfonamides is 1. The molecule has 1 atom stereocenters. The van der Waals surface area contributed by atoms with Gasteiger partial charge in [-0.2, -0.15) is 0 Å². The van der Waals surface area contributed by atoms with Crippen molar-refractivity contribution in [2.24, 2.45) is 12.5 Å². The number of nitrogens with zero attached hydrogens (tertiary/aromatic N) is 7. The van der Waals surface area contributed by atoms with Crippen molar-refractivity contribution < 1.29 is 27.6 Å². The van der Waals surface area contributed by atoms with Crippen molar-refractivity contribution in [2.45, 2.75) is 44.1 Å². The molecule has 340 valence electrons. The standard InChI is InChI=1S/C45H49ClN10O8S/c1-45(2)13-12-29(35(23-45)28-4-6-30(46)7-5-28)25-53-14-16-54(17-15-53)31-8-10-34(38(20-31)55-40-22-37-42(49-27-48-37)50-41(40)44(58)52(55)3)43(57)51-65(61,62)33-9-11-36(39(21-33)56(59)60)47-24-32-26-63-18-19-64-32/h4-11,20-22,27,32,47H,12-19,23-26H2,1-3H3,(H,51,57)(H,48,49,50)/t32-/m0/s1. The van der Waals surface area contributed by atoms with Crippen molar-refractivity contribution in [3.63, 3.8) is 0 Å². The molecular formula is C45H49ClN10O8S. The quantitative estimate of drug-likeness (QED) is 0.0966. The van der Waals surface area contributed by atoms with Crippen molar-refractivity contribution >= 4 is 72.4 Å². The highest BCUT2D eigenvalue weighted by molar-refractivity contribution is 7.90. The molecule has 1 amide bonds. The van der Waals surface area contributed by atoms with E-state index in [0.717, 1.165) is 50.7 Å². The SMILES string of the molecule is Cn1c(=O)c2nc3[nH]cnc3cc2n1-c1cc(N2CCN(CC3=C(c4ccc(Cl)cc4)CC(C)(C)CC3)CC2)ccc1C(=O)NS(=O)(=O)c1ccc(NC[C@H]2COCCO2)c([N+](=O)[O-])c1. The lowest BCUT2D eigenvalue weighted by Gasteiger charge is -2.39. The number of nitro benzene ring substituents is 1. The Morgan fingerprint density at radius 2 is 1.83 bits per heavy atom. The van der Waals surface area contributed by atoms with E-state index in [1.807, 2.05) is 12.1 Å². The number of fused-ring (bicyclic) bond motifs is 2. The van der Waals surface area contributed by atoms with E-state index in [0.29, 0.717) is 54.6 Å². The van der Waals surface area contributed by atoms with Crippen LogP contribution in [0.2, 0.25) is 5.02 Å². The Kier molecular flexibility index (Phi) is 12.0. The number of amides is 1. The van der Waals surface area contributed by atoms with Crippen molar-refractivity contribution in [3.05, 3.63) is 115 Å². The first-order chi connectivity index (χ1) is 31.1. The molecule has 0 bridgehead atoms. The lowest BCUT2D eigenvalue weighted by molar-refractivity contribution is -0.384. The van der Waals surface area contributed by atoms with Crippen LogP contribution in [-0.4, -0.2) is 114 Å². The zero-order valence-electron chi connectivity index (χ0n) is 36.2. The summed E-state index contributed by atoms with van der Waals surface area (Å²) in [5.41, 5.74) is 5.59. The Morgan fingerprint density at radius 1 is 1.05 bits per heavy atom. The third-order valence-electron chi connectivity index (χ3n) is 12.5. The molecule has 1 aliphatic carbocycles. The van der Waals surface area contributed by atoms with Crippen LogP contribution in [0.25, 0.3) is 33.5 Å². The van der Waals surface area contributed by atoms with Crippen LogP contribution in [0, 0.1) is 15.5 Å². The Morgan fingerprint density at radius 3 is 2.57 bits per heavy atom. The molecular weight excluding hydrogens is 876 g/mol. The highest BCUT2D eigenvalue weighted by atomic mass is 35.5. The predicted molar refractivity (Wildman–Crippen MR) is 247 cm³/mol. The Hall–Kier alpha value is -6.12. The maximum atomic E-state index is 14.3. The fourth-order valence-corrected chi connectivity index (χ4v) is 10.1. The van der Waals surface area contributed by atoms with E-state index in [-0.39, 0.29) is 40.5 Å². The number of carbonyl (C=O) groups is 1. The van der Waals surface area contributed by atoms with Gasteiger partial charge in [0, 0.05) is 63.1 Å². The lowest BCUT2D eigenvalue weighted by atomic mass is 9.72. The summed E-state index contributed by atoms with van der Waals surface area (Å²) in [5.74, 6) is -1.01. The average molecular weight is 925 g/mol. The smallest absolute Gasteiger partial charge is 0.293 e. The molecule has 3 aromatic heterocycles. The number of hydrogen-bond donors (Lipinski definition) is 3. The second kappa shape index (κ2) is 17.7. The molecule has 5 heterocycles. The molecule has 20 heteroatoms. The Balaban J connectivity index is 1.01. The van der Waals surface area contributed by atoms with E-state index in [2.05, 4.69) is 60.8 Å². The molecule has 18 nitrogen and oxygen atoms in total. The molecule has 0 unspecified atom stereocenters. The number of allylic oxidation sites excluding steroid dienone is 1. The summed E-state index contributed by atoms with van der Waals surface area (Å²) in [7, 11) is -3.13. The summed E-state index contributed by atoms with van der Waals surface area (Å²) < 4.78 is 43.7. The summed E-state index contributed by atoms with van der Waals surface area (Å²) >= 11 is 6.25. The van der Waals surface area contributed by atoms with E-state index >= 15 is 0 Å². The number of aromatic amines is 1. The van der Waals surface area contributed by atoms with Gasteiger partial charge in [-0.3, -0.25) is 24.6 Å². The Labute approximate surface area is 379 Å². The number of hydrogen-bond acceptors (Lipinski definition) is 13. The molecule has 0 spiro atoms. The van der Waals surface area contributed by atoms with Gasteiger partial charge in [0.25, 0.3) is 27.2 Å². The van der Waals surface area contributed by atoms with Crippen molar-refractivity contribution in [2.75, 3.05) is 69.3 Å². The van der Waals surface area contributed by atoms with Crippen LogP contribution in [0.1, 0.15) is 49.0 Å². The number of anilines is 2. The third kappa shape index (κ3) is 9.11. The molecule has 2 aliphatic heterocycles. The number of benzene rings is 3. The van der Waals surface area contributed by atoms with E-state index in [1.54, 1.807) is 18.2 Å². The number of H-pyrrole nitrogens is 1. The monoisotopic (exact) mass is 924 g/mol. The fraction of sp³-hybridized carbons (Fsp3) is 0.378. The number of rotatable bonds is 12. The zero-order valence-corrected chi connectivity index (χ0v) is 37.7. The van der Waals surface area contributed by atoms with Crippen molar-refractivity contribution in [1.29, 1.82) is 0 Å². The van der Waals surface area contributed by atoms with Gasteiger partial charge in [-0.15, -0.1) is 0 Å². The molecule has 3 aromatic carbocycles. The average Bonchev–Trinajstić information content (AvgIpc) is 3.85. The number of aromatic nitrogens is 5. The summed E-state index contributed by atoms with van der Waals surface area (Å²) in [6.07, 6.45) is 4.23. The fourth-order valence-electron chi connectivity index (χ4n) is 8.95. The van der Waals surface area contributed by atoms with Crippen LogP contribution in [0.4, 0.5) is 17.1 Å². The minimum absolute atomic E-state index is 0.0741. The van der Waals surface area contributed by atoms with Crippen LogP contribution >= 0.6 is 11.6 Å². The zero-order chi connectivity index (χ0) is 45.6. The summed E-state index contributed by atoms with van der Waals surface area (Å²) in [6, 6.07) is 18.2. The van der Waals surface area contributed by atoms with E-state index in [1.165, 1.54) is 57.6 Å². The van der Waals surface area contributed by atoms with Crippen LogP contribution in [0.5, 0.6) is 0 Å². The largest absolute Gasteiger partial charge is 0.377 e. The number of pyridine rings is 1. The van der Waals surface area contributed by atoms with Gasteiger partial charge in [0.05, 0.1) is 58.8 Å². The highest BCUT2D eigenvalue weighted by Crippen LogP contribution is 2.43. The number of halogens is 1. The maximum Gasteiger partial charge on any atom is 0.293 e. The van der Waals surface area contributed by atoms with Gasteiger partial charge in [-0.05, 0) is 84.3 Å². The van der Waals surface area contributed by atoms with Crippen LogP contribution in [0.15, 0.2) is 88.3 Å². The third-order valence-corrected chi connectivity index (χ3v) is 14.1. The maximum absolute atomic E-state index is 14.3. The highest BCUT2D eigenvalue weighted by Gasteiger charge is 2.31. The first-order valence-electron chi connectivity index (χ1n) is 21.4. The van der Waals surface area contributed by atoms with Gasteiger partial charge in [-0.1, -0.05) is 43.2 Å². The summed E-state index contributed by atoms with van der Waals surface area (Å²) in [4.78, 5) is 55.4. The molecule has 6 aromatic rings. The molecule has 3 aliphatic rings. The molecule has 2 saturated heterocycles. The molecule has 3 N–H and O–H groups in total. The van der Waals surface area contributed by atoms with Gasteiger partial charge < -0.3 is 24.7 Å². The molecule has 0 radical (unpaired) electrons. The second-order valence-electron chi connectivity index (χ2n) is 17.5. The van der Waals surface area contributed by atoms with Gasteiger partial charge in [0.1, 0.15) is 11.2 Å².